The first-order valence-electron chi connectivity index (χ1n) is 5.32. The molecule has 0 aliphatic carbocycles. The molecule has 0 nitrogen and oxygen atoms in total. The molecule has 0 saturated heterocycles. The van der Waals surface area contributed by atoms with Gasteiger partial charge in [-0.2, -0.15) is 0 Å². The van der Waals surface area contributed by atoms with E-state index in [9.17, 15) is 0 Å². The lowest BCUT2D eigenvalue weighted by molar-refractivity contribution is 0.168. The van der Waals surface area contributed by atoms with Crippen molar-refractivity contribution in [1.82, 2.24) is 0 Å². The van der Waals surface area contributed by atoms with Crippen LogP contribution < -0.4 is 0 Å². The molecule has 0 aliphatic heterocycles. The Hall–Kier alpha value is 0. The minimum absolute atomic E-state index is 0.242. The highest BCUT2D eigenvalue weighted by Crippen LogP contribution is 2.37. The van der Waals surface area contributed by atoms with Crippen LogP contribution in [-0.2, 0) is 0 Å². The SMILES string of the molecule is [CH2]C(C)(C)C(CC)C(CC)CC. The normalized spacial score (nSPS) is 15.2. The molecule has 0 aromatic heterocycles. The molecule has 0 saturated carbocycles. The highest BCUT2D eigenvalue weighted by molar-refractivity contribution is 4.83. The van der Waals surface area contributed by atoms with Gasteiger partial charge < -0.3 is 0 Å². The summed E-state index contributed by atoms with van der Waals surface area (Å²) in [4.78, 5) is 0. The van der Waals surface area contributed by atoms with Crippen molar-refractivity contribution < 1.29 is 0 Å². The van der Waals surface area contributed by atoms with Gasteiger partial charge in [-0.05, 0) is 24.2 Å². The van der Waals surface area contributed by atoms with Crippen LogP contribution in [0.1, 0.15) is 53.9 Å². The van der Waals surface area contributed by atoms with Crippen LogP contribution in [0.15, 0.2) is 0 Å². The summed E-state index contributed by atoms with van der Waals surface area (Å²) in [6.07, 6.45) is 3.87. The molecule has 0 N–H and O–H groups in total. The maximum atomic E-state index is 4.26. The van der Waals surface area contributed by atoms with Crippen molar-refractivity contribution in [3.8, 4) is 0 Å². The van der Waals surface area contributed by atoms with E-state index in [4.69, 9.17) is 0 Å². The lowest BCUT2D eigenvalue weighted by Crippen LogP contribution is -2.27. The lowest BCUT2D eigenvalue weighted by atomic mass is 9.70. The Labute approximate surface area is 78.8 Å². The molecule has 73 valence electrons. The molecular weight excluding hydrogens is 144 g/mol. The van der Waals surface area contributed by atoms with Gasteiger partial charge in [-0.3, -0.25) is 0 Å². The van der Waals surface area contributed by atoms with Gasteiger partial charge in [0.15, 0.2) is 0 Å². The van der Waals surface area contributed by atoms with E-state index in [1.54, 1.807) is 0 Å². The summed E-state index contributed by atoms with van der Waals surface area (Å²) in [5.74, 6) is 1.65. The molecule has 1 radical (unpaired) electrons. The van der Waals surface area contributed by atoms with Crippen molar-refractivity contribution in [2.45, 2.75) is 53.9 Å². The maximum absolute atomic E-state index is 4.26. The second-order valence-corrected chi connectivity index (χ2v) is 4.58. The first-order chi connectivity index (χ1) is 5.47. The topological polar surface area (TPSA) is 0 Å². The zero-order chi connectivity index (χ0) is 9.78. The Balaban J connectivity index is 4.31. The summed E-state index contributed by atoms with van der Waals surface area (Å²) >= 11 is 0. The first-order valence-corrected chi connectivity index (χ1v) is 5.32. The molecule has 0 aromatic carbocycles. The Morgan fingerprint density at radius 1 is 1.00 bits per heavy atom. The van der Waals surface area contributed by atoms with E-state index in [2.05, 4.69) is 41.5 Å². The standard InChI is InChI=1S/C12H25/c1-7-10(8-2)11(9-3)12(4,5)6/h10-11H,4,7-9H2,1-3,5-6H3. The maximum Gasteiger partial charge on any atom is -0.0323 e. The number of rotatable bonds is 5. The first kappa shape index (κ1) is 12.0. The summed E-state index contributed by atoms with van der Waals surface area (Å²) in [5.41, 5.74) is 0.242. The van der Waals surface area contributed by atoms with Crippen LogP contribution in [0.3, 0.4) is 0 Å². The van der Waals surface area contributed by atoms with Gasteiger partial charge in [-0.25, -0.2) is 0 Å². The van der Waals surface area contributed by atoms with E-state index in [0.717, 1.165) is 11.8 Å². The second-order valence-electron chi connectivity index (χ2n) is 4.58. The summed E-state index contributed by atoms with van der Waals surface area (Å²) in [6.45, 7) is 15.7. The third kappa shape index (κ3) is 3.16. The third-order valence-electron chi connectivity index (χ3n) is 3.06. The van der Waals surface area contributed by atoms with Gasteiger partial charge in [0, 0.05) is 0 Å². The minimum atomic E-state index is 0.242. The minimum Gasteiger partial charge on any atom is -0.0651 e. The molecule has 0 bridgehead atoms. The fourth-order valence-electron chi connectivity index (χ4n) is 2.38. The molecule has 1 unspecified atom stereocenters. The Bertz CT molecular complexity index is 104. The molecule has 0 heteroatoms. The molecule has 0 amide bonds. The molecule has 0 fully saturated rings. The van der Waals surface area contributed by atoms with Crippen molar-refractivity contribution >= 4 is 0 Å². The molecule has 1 atom stereocenters. The average Bonchev–Trinajstić information content (AvgIpc) is 1.97. The fourth-order valence-corrected chi connectivity index (χ4v) is 2.38. The van der Waals surface area contributed by atoms with E-state index in [0.29, 0.717) is 0 Å². The van der Waals surface area contributed by atoms with Gasteiger partial charge >= 0.3 is 0 Å². The van der Waals surface area contributed by atoms with Crippen LogP contribution in [0.25, 0.3) is 0 Å². The Morgan fingerprint density at radius 2 is 1.42 bits per heavy atom. The molecule has 0 heterocycles. The van der Waals surface area contributed by atoms with Crippen LogP contribution in [0.4, 0.5) is 0 Å². The van der Waals surface area contributed by atoms with Crippen LogP contribution in [0.5, 0.6) is 0 Å². The van der Waals surface area contributed by atoms with Gasteiger partial charge in [-0.1, -0.05) is 53.9 Å². The molecule has 0 spiro atoms. The van der Waals surface area contributed by atoms with Crippen molar-refractivity contribution in [3.05, 3.63) is 6.92 Å². The second kappa shape index (κ2) is 4.89. The highest BCUT2D eigenvalue weighted by atomic mass is 14.3. The van der Waals surface area contributed by atoms with E-state index in [1.807, 2.05) is 0 Å². The molecule has 12 heavy (non-hydrogen) atoms. The van der Waals surface area contributed by atoms with Gasteiger partial charge in [0.2, 0.25) is 0 Å². The Morgan fingerprint density at radius 3 is 1.50 bits per heavy atom. The van der Waals surface area contributed by atoms with Crippen molar-refractivity contribution in [3.63, 3.8) is 0 Å². The molecule has 0 aliphatic rings. The smallest absolute Gasteiger partial charge is 0.0323 e. The van der Waals surface area contributed by atoms with Gasteiger partial charge in [0.05, 0.1) is 0 Å². The third-order valence-corrected chi connectivity index (χ3v) is 3.06. The monoisotopic (exact) mass is 169 g/mol. The van der Waals surface area contributed by atoms with Crippen molar-refractivity contribution in [2.24, 2.45) is 17.3 Å². The van der Waals surface area contributed by atoms with Crippen LogP contribution in [0.2, 0.25) is 0 Å². The summed E-state index contributed by atoms with van der Waals surface area (Å²) in [7, 11) is 0. The van der Waals surface area contributed by atoms with Crippen molar-refractivity contribution in [1.29, 1.82) is 0 Å². The summed E-state index contributed by atoms with van der Waals surface area (Å²) in [5, 5.41) is 0. The van der Waals surface area contributed by atoms with Crippen LogP contribution in [-0.4, -0.2) is 0 Å². The number of hydrogen-bond donors (Lipinski definition) is 0. The molecule has 0 rings (SSSR count). The largest absolute Gasteiger partial charge is 0.0651 e. The zero-order valence-electron chi connectivity index (χ0n) is 9.48. The van der Waals surface area contributed by atoms with Crippen LogP contribution >= 0.6 is 0 Å². The molecular formula is C12H25. The summed E-state index contributed by atoms with van der Waals surface area (Å²) < 4.78 is 0. The highest BCUT2D eigenvalue weighted by Gasteiger charge is 2.28. The average molecular weight is 169 g/mol. The van der Waals surface area contributed by atoms with E-state index < -0.39 is 0 Å². The quantitative estimate of drug-likeness (QED) is 0.575. The number of hydrogen-bond acceptors (Lipinski definition) is 0. The van der Waals surface area contributed by atoms with Gasteiger partial charge in [0.25, 0.3) is 0 Å². The van der Waals surface area contributed by atoms with Crippen molar-refractivity contribution in [2.75, 3.05) is 0 Å². The van der Waals surface area contributed by atoms with Gasteiger partial charge in [0.1, 0.15) is 0 Å². The van der Waals surface area contributed by atoms with E-state index in [-0.39, 0.29) is 5.41 Å². The fraction of sp³-hybridized carbons (Fsp3) is 0.917. The van der Waals surface area contributed by atoms with E-state index >= 15 is 0 Å². The predicted octanol–water partition coefficient (Wildman–Crippen LogP) is 4.31. The van der Waals surface area contributed by atoms with E-state index in [1.165, 1.54) is 19.3 Å². The lowest BCUT2D eigenvalue weighted by Gasteiger charge is -2.35. The summed E-state index contributed by atoms with van der Waals surface area (Å²) in [6, 6.07) is 0. The molecule has 0 aromatic rings. The Kier molecular flexibility index (Phi) is 4.89. The zero-order valence-corrected chi connectivity index (χ0v) is 9.48. The van der Waals surface area contributed by atoms with Crippen LogP contribution in [0, 0.1) is 24.2 Å². The van der Waals surface area contributed by atoms with Gasteiger partial charge in [-0.15, -0.1) is 0 Å². The predicted molar refractivity (Wildman–Crippen MR) is 57.0 cm³/mol.